The number of likely N-dealkylation sites (tertiary alicyclic amines) is 1. The Morgan fingerprint density at radius 3 is 2.87 bits per heavy atom. The van der Waals surface area contributed by atoms with Crippen LogP contribution in [0.2, 0.25) is 0 Å². The summed E-state index contributed by atoms with van der Waals surface area (Å²) >= 11 is 0. The molecule has 1 aliphatic heterocycles. The highest BCUT2D eigenvalue weighted by atomic mass is 16.5. The lowest BCUT2D eigenvalue weighted by Crippen LogP contribution is -2.31. The summed E-state index contributed by atoms with van der Waals surface area (Å²) in [6, 6.07) is 3.39. The van der Waals surface area contributed by atoms with Gasteiger partial charge in [0.05, 0.1) is 5.92 Å². The molecule has 6 nitrogen and oxygen atoms in total. The average Bonchev–Trinajstić information content (AvgIpc) is 3.30. The summed E-state index contributed by atoms with van der Waals surface area (Å²) in [6.07, 6.45) is 5.26. The molecule has 1 saturated heterocycles. The zero-order valence-electron chi connectivity index (χ0n) is 12.9. The summed E-state index contributed by atoms with van der Waals surface area (Å²) in [7, 11) is 0. The zero-order chi connectivity index (χ0) is 16.4. The third kappa shape index (κ3) is 3.21. The fourth-order valence-electron chi connectivity index (χ4n) is 3.22. The van der Waals surface area contributed by atoms with E-state index in [0.717, 1.165) is 12.8 Å². The van der Waals surface area contributed by atoms with Crippen molar-refractivity contribution in [3.8, 4) is 5.75 Å². The first-order valence-electron chi connectivity index (χ1n) is 7.82. The van der Waals surface area contributed by atoms with Gasteiger partial charge in [-0.15, -0.1) is 0 Å². The van der Waals surface area contributed by atoms with Crippen LogP contribution in [0.25, 0.3) is 0 Å². The molecule has 1 saturated carbocycles. The third-order valence-corrected chi connectivity index (χ3v) is 4.53. The lowest BCUT2D eigenvalue weighted by atomic mass is 9.92. The minimum atomic E-state index is -0.818. The minimum Gasteiger partial charge on any atom is -0.487 e. The average molecular weight is 316 g/mol. The lowest BCUT2D eigenvalue weighted by molar-refractivity contribution is -0.142. The van der Waals surface area contributed by atoms with E-state index < -0.39 is 11.9 Å². The molecule has 1 aromatic rings. The minimum absolute atomic E-state index is 0.0534. The standard InChI is InChI=1S/C17H20N2O4/c1-2-8-23-14-4-3-7-18-15(14)16(20)19-9-12(11-5-6-11)13(10-19)17(21)22/h2-4,7,11-13H,1,5-6,8-10H2,(H,21,22)/t12-,13+/m1/s1. The number of carbonyl (C=O) groups is 2. The smallest absolute Gasteiger partial charge is 0.308 e. The van der Waals surface area contributed by atoms with Gasteiger partial charge in [0.15, 0.2) is 11.4 Å². The Hall–Kier alpha value is -2.37. The molecule has 2 fully saturated rings. The number of rotatable bonds is 6. The number of nitrogens with zero attached hydrogens (tertiary/aromatic N) is 2. The van der Waals surface area contributed by atoms with Crippen LogP contribution in [0, 0.1) is 17.8 Å². The SMILES string of the molecule is C=CCOc1cccnc1C(=O)N1C[C@H](C(=O)O)[C@@H](C2CC2)C1. The van der Waals surface area contributed by atoms with Gasteiger partial charge in [-0.25, -0.2) is 4.98 Å². The van der Waals surface area contributed by atoms with Gasteiger partial charge in [0.2, 0.25) is 0 Å². The van der Waals surface area contributed by atoms with E-state index >= 15 is 0 Å². The molecule has 2 heterocycles. The van der Waals surface area contributed by atoms with Crippen LogP contribution in [0.15, 0.2) is 31.0 Å². The highest BCUT2D eigenvalue weighted by molar-refractivity contribution is 5.95. The van der Waals surface area contributed by atoms with Gasteiger partial charge in [0.1, 0.15) is 6.61 Å². The van der Waals surface area contributed by atoms with Crippen molar-refractivity contribution in [2.24, 2.45) is 17.8 Å². The van der Waals surface area contributed by atoms with Crippen molar-refractivity contribution in [1.82, 2.24) is 9.88 Å². The number of hydrogen-bond acceptors (Lipinski definition) is 4. The maximum atomic E-state index is 12.8. The Kier molecular flexibility index (Phi) is 4.32. The quantitative estimate of drug-likeness (QED) is 0.810. The maximum Gasteiger partial charge on any atom is 0.308 e. The van der Waals surface area contributed by atoms with Gasteiger partial charge in [-0.1, -0.05) is 12.7 Å². The first-order chi connectivity index (χ1) is 11.1. The Labute approximate surface area is 134 Å². The number of amides is 1. The van der Waals surface area contributed by atoms with E-state index in [2.05, 4.69) is 11.6 Å². The molecule has 6 heteroatoms. The Balaban J connectivity index is 1.78. The van der Waals surface area contributed by atoms with Crippen LogP contribution < -0.4 is 4.74 Å². The number of carbonyl (C=O) groups excluding carboxylic acids is 1. The van der Waals surface area contributed by atoms with Gasteiger partial charge in [-0.2, -0.15) is 0 Å². The molecule has 1 aliphatic carbocycles. The van der Waals surface area contributed by atoms with Crippen molar-refractivity contribution in [2.75, 3.05) is 19.7 Å². The van der Waals surface area contributed by atoms with Crippen molar-refractivity contribution in [3.63, 3.8) is 0 Å². The molecule has 1 aromatic heterocycles. The molecule has 0 spiro atoms. The number of carboxylic acids is 1. The fraction of sp³-hybridized carbons (Fsp3) is 0.471. The summed E-state index contributed by atoms with van der Waals surface area (Å²) < 4.78 is 5.48. The van der Waals surface area contributed by atoms with Crippen LogP contribution in [0.3, 0.4) is 0 Å². The van der Waals surface area contributed by atoms with Crippen molar-refractivity contribution >= 4 is 11.9 Å². The second-order valence-corrected chi connectivity index (χ2v) is 6.11. The molecular formula is C17H20N2O4. The molecule has 2 aliphatic rings. The number of hydrogen-bond donors (Lipinski definition) is 1. The first-order valence-corrected chi connectivity index (χ1v) is 7.82. The number of carboxylic acid groups (broad SMARTS) is 1. The van der Waals surface area contributed by atoms with E-state index in [4.69, 9.17) is 4.74 Å². The van der Waals surface area contributed by atoms with Crippen molar-refractivity contribution in [2.45, 2.75) is 12.8 Å². The molecule has 0 aromatic carbocycles. The molecule has 1 N–H and O–H groups in total. The van der Waals surface area contributed by atoms with Crippen LogP contribution in [0.1, 0.15) is 23.3 Å². The monoisotopic (exact) mass is 316 g/mol. The van der Waals surface area contributed by atoms with Gasteiger partial charge < -0.3 is 14.7 Å². The largest absolute Gasteiger partial charge is 0.487 e. The maximum absolute atomic E-state index is 12.8. The lowest BCUT2D eigenvalue weighted by Gasteiger charge is -2.17. The second-order valence-electron chi connectivity index (χ2n) is 6.11. The molecule has 122 valence electrons. The van der Waals surface area contributed by atoms with Crippen LogP contribution in [0.5, 0.6) is 5.75 Å². The van der Waals surface area contributed by atoms with E-state index in [0.29, 0.717) is 18.2 Å². The van der Waals surface area contributed by atoms with Gasteiger partial charge in [0.25, 0.3) is 5.91 Å². The number of ether oxygens (including phenoxy) is 1. The Bertz CT molecular complexity index is 627. The first kappa shape index (κ1) is 15.5. The number of aliphatic carboxylic acids is 1. The van der Waals surface area contributed by atoms with Gasteiger partial charge in [-0.05, 0) is 36.8 Å². The van der Waals surface area contributed by atoms with Gasteiger partial charge in [-0.3, -0.25) is 9.59 Å². The van der Waals surface area contributed by atoms with Crippen molar-refractivity contribution in [3.05, 3.63) is 36.7 Å². The molecule has 23 heavy (non-hydrogen) atoms. The van der Waals surface area contributed by atoms with Crippen LogP contribution in [-0.4, -0.2) is 46.6 Å². The summed E-state index contributed by atoms with van der Waals surface area (Å²) in [5.74, 6) is -0.668. The van der Waals surface area contributed by atoms with Gasteiger partial charge >= 0.3 is 5.97 Å². The van der Waals surface area contributed by atoms with E-state index in [1.807, 2.05) is 0 Å². The Morgan fingerprint density at radius 1 is 1.43 bits per heavy atom. The predicted octanol–water partition coefficient (Wildman–Crippen LogP) is 1.83. The van der Waals surface area contributed by atoms with Crippen molar-refractivity contribution < 1.29 is 19.4 Å². The van der Waals surface area contributed by atoms with Crippen molar-refractivity contribution in [1.29, 1.82) is 0 Å². The zero-order valence-corrected chi connectivity index (χ0v) is 12.9. The van der Waals surface area contributed by atoms with Crippen LogP contribution in [-0.2, 0) is 4.79 Å². The molecule has 2 atom stereocenters. The van der Waals surface area contributed by atoms with E-state index in [1.165, 1.54) is 6.20 Å². The molecule has 1 amide bonds. The summed E-state index contributed by atoms with van der Waals surface area (Å²) in [4.78, 5) is 30.0. The molecule has 3 rings (SSSR count). The molecule has 0 unspecified atom stereocenters. The van der Waals surface area contributed by atoms with Crippen LogP contribution >= 0.6 is 0 Å². The number of pyridine rings is 1. The fourth-order valence-corrected chi connectivity index (χ4v) is 3.22. The number of aromatic nitrogens is 1. The van der Waals surface area contributed by atoms with E-state index in [-0.39, 0.29) is 30.7 Å². The van der Waals surface area contributed by atoms with E-state index in [1.54, 1.807) is 23.1 Å². The third-order valence-electron chi connectivity index (χ3n) is 4.53. The normalized spacial score (nSPS) is 23.6. The molecule has 0 radical (unpaired) electrons. The van der Waals surface area contributed by atoms with Gasteiger partial charge in [0, 0.05) is 19.3 Å². The highest BCUT2D eigenvalue weighted by Crippen LogP contribution is 2.44. The summed E-state index contributed by atoms with van der Waals surface area (Å²) in [6.45, 7) is 4.60. The summed E-state index contributed by atoms with van der Waals surface area (Å²) in [5, 5.41) is 9.41. The highest BCUT2D eigenvalue weighted by Gasteiger charge is 2.47. The summed E-state index contributed by atoms with van der Waals surface area (Å²) in [5.41, 5.74) is 0.231. The second kappa shape index (κ2) is 6.40. The topological polar surface area (TPSA) is 79.7 Å². The predicted molar refractivity (Wildman–Crippen MR) is 83.2 cm³/mol. The van der Waals surface area contributed by atoms with Crippen LogP contribution in [0.4, 0.5) is 0 Å². The molecular weight excluding hydrogens is 296 g/mol. The Morgan fingerprint density at radius 2 is 2.22 bits per heavy atom. The van der Waals surface area contributed by atoms with E-state index in [9.17, 15) is 14.7 Å². The molecule has 0 bridgehead atoms.